The topological polar surface area (TPSA) is 84.5 Å². The first-order chi connectivity index (χ1) is 14.4. The molecule has 6 nitrogen and oxygen atoms in total. The molecule has 0 bridgehead atoms. The summed E-state index contributed by atoms with van der Waals surface area (Å²) in [4.78, 5) is 12.9. The second kappa shape index (κ2) is 8.40. The van der Waals surface area contributed by atoms with Crippen molar-refractivity contribution >= 4 is 15.9 Å². The Morgan fingerprint density at radius 1 is 1.07 bits per heavy atom. The highest BCUT2D eigenvalue weighted by molar-refractivity contribution is 7.89. The maximum absolute atomic E-state index is 12.9. The van der Waals surface area contributed by atoms with Crippen molar-refractivity contribution < 1.29 is 17.9 Å². The molecule has 2 aromatic carbocycles. The lowest BCUT2D eigenvalue weighted by molar-refractivity contribution is 0.0939. The van der Waals surface area contributed by atoms with Crippen LogP contribution in [-0.4, -0.2) is 27.5 Å². The molecule has 0 aliphatic heterocycles. The second-order valence-corrected chi connectivity index (χ2v) is 9.87. The second-order valence-electron chi connectivity index (χ2n) is 8.19. The zero-order valence-electron chi connectivity index (χ0n) is 17.4. The predicted molar refractivity (Wildman–Crippen MR) is 115 cm³/mol. The van der Waals surface area contributed by atoms with Gasteiger partial charge in [-0.05, 0) is 80.3 Å². The number of hydrogen-bond acceptors (Lipinski definition) is 4. The average molecular weight is 429 g/mol. The molecule has 2 aliphatic rings. The third-order valence-corrected chi connectivity index (χ3v) is 7.38. The van der Waals surface area contributed by atoms with Crippen LogP contribution in [-0.2, 0) is 22.9 Å². The van der Waals surface area contributed by atoms with Gasteiger partial charge in [0.1, 0.15) is 10.6 Å². The van der Waals surface area contributed by atoms with Crippen LogP contribution in [0, 0.1) is 0 Å². The minimum atomic E-state index is -3.74. The molecule has 2 aromatic rings. The molecule has 160 valence electrons. The highest BCUT2D eigenvalue weighted by atomic mass is 32.2. The van der Waals surface area contributed by atoms with Crippen molar-refractivity contribution in [1.82, 2.24) is 10.0 Å². The lowest BCUT2D eigenvalue weighted by atomic mass is 9.89. The summed E-state index contributed by atoms with van der Waals surface area (Å²) in [5.41, 5.74) is 4.11. The van der Waals surface area contributed by atoms with Gasteiger partial charge in [-0.15, -0.1) is 0 Å². The molecule has 2 aliphatic carbocycles. The van der Waals surface area contributed by atoms with Gasteiger partial charge in [-0.25, -0.2) is 13.1 Å². The number of aryl methyl sites for hydroxylation is 2. The molecule has 1 atom stereocenters. The molecule has 7 heteroatoms. The Morgan fingerprint density at radius 3 is 2.50 bits per heavy atom. The van der Waals surface area contributed by atoms with E-state index in [-0.39, 0.29) is 34.2 Å². The lowest BCUT2D eigenvalue weighted by Gasteiger charge is -2.20. The van der Waals surface area contributed by atoms with E-state index in [4.69, 9.17) is 4.74 Å². The summed E-state index contributed by atoms with van der Waals surface area (Å²) in [6.45, 7) is 1.94. The highest BCUT2D eigenvalue weighted by Crippen LogP contribution is 2.29. The standard InChI is InChI=1S/C23H28N2O4S/c1-15(17-8-7-16-5-3-4-6-18(16)13-17)24-23(26)19-9-12-21(29-2)22(14-19)30(27,28)25-20-10-11-20/h7-9,12-15,20,25H,3-6,10-11H2,1-2H3,(H,24,26)/t15-/m1/s1. The Balaban J connectivity index is 1.53. The van der Waals surface area contributed by atoms with E-state index < -0.39 is 10.0 Å². The number of hydrogen-bond donors (Lipinski definition) is 2. The van der Waals surface area contributed by atoms with E-state index >= 15 is 0 Å². The Kier molecular flexibility index (Phi) is 5.84. The normalized spacial score (nSPS) is 17.1. The van der Waals surface area contributed by atoms with Gasteiger partial charge in [0, 0.05) is 11.6 Å². The summed E-state index contributed by atoms with van der Waals surface area (Å²) in [6, 6.07) is 10.7. The summed E-state index contributed by atoms with van der Waals surface area (Å²) in [6.07, 6.45) is 6.30. The van der Waals surface area contributed by atoms with Crippen molar-refractivity contribution in [3.05, 3.63) is 58.7 Å². The van der Waals surface area contributed by atoms with Crippen molar-refractivity contribution in [1.29, 1.82) is 0 Å². The molecule has 0 aromatic heterocycles. The van der Waals surface area contributed by atoms with Crippen LogP contribution in [0.1, 0.15) is 65.7 Å². The van der Waals surface area contributed by atoms with Gasteiger partial charge < -0.3 is 10.1 Å². The molecule has 0 saturated heterocycles. The molecule has 1 fully saturated rings. The number of nitrogens with one attached hydrogen (secondary N) is 2. The van der Waals surface area contributed by atoms with Crippen molar-refractivity contribution in [2.24, 2.45) is 0 Å². The van der Waals surface area contributed by atoms with Crippen LogP contribution in [0.15, 0.2) is 41.3 Å². The third kappa shape index (κ3) is 4.52. The first-order valence-corrected chi connectivity index (χ1v) is 12.0. The molecule has 2 N–H and O–H groups in total. The van der Waals surface area contributed by atoms with Crippen LogP contribution < -0.4 is 14.8 Å². The van der Waals surface area contributed by atoms with Gasteiger partial charge in [-0.1, -0.05) is 18.2 Å². The first-order valence-electron chi connectivity index (χ1n) is 10.5. The smallest absolute Gasteiger partial charge is 0.251 e. The third-order valence-electron chi connectivity index (χ3n) is 5.83. The van der Waals surface area contributed by atoms with Gasteiger partial charge >= 0.3 is 0 Å². The lowest BCUT2D eigenvalue weighted by Crippen LogP contribution is -2.28. The molecule has 4 rings (SSSR count). The molecule has 1 amide bonds. The van der Waals surface area contributed by atoms with E-state index in [1.165, 1.54) is 43.2 Å². The summed E-state index contributed by atoms with van der Waals surface area (Å²) < 4.78 is 33.3. The molecule has 0 heterocycles. The number of benzene rings is 2. The number of fused-ring (bicyclic) bond motifs is 1. The average Bonchev–Trinajstić information content (AvgIpc) is 3.56. The van der Waals surface area contributed by atoms with E-state index in [2.05, 4.69) is 28.2 Å². The number of methoxy groups -OCH3 is 1. The fourth-order valence-corrected chi connectivity index (χ4v) is 5.40. The first kappa shape index (κ1) is 20.9. The van der Waals surface area contributed by atoms with Crippen molar-refractivity contribution in [3.63, 3.8) is 0 Å². The van der Waals surface area contributed by atoms with E-state index in [9.17, 15) is 13.2 Å². The van der Waals surface area contributed by atoms with Gasteiger partial charge in [-0.3, -0.25) is 4.79 Å². The summed E-state index contributed by atoms with van der Waals surface area (Å²) in [5, 5.41) is 2.99. The molecule has 0 spiro atoms. The highest BCUT2D eigenvalue weighted by Gasteiger charge is 2.30. The SMILES string of the molecule is COc1ccc(C(=O)N[C@H](C)c2ccc3c(c2)CCCC3)cc1S(=O)(=O)NC1CC1. The molecular formula is C23H28N2O4S. The Morgan fingerprint density at radius 2 is 1.80 bits per heavy atom. The fraction of sp³-hybridized carbons (Fsp3) is 0.435. The summed E-state index contributed by atoms with van der Waals surface area (Å²) in [5.74, 6) is -0.0896. The molecule has 30 heavy (non-hydrogen) atoms. The Labute approximate surface area is 178 Å². The zero-order chi connectivity index (χ0) is 21.3. The van der Waals surface area contributed by atoms with Crippen LogP contribution in [0.2, 0.25) is 0 Å². The monoisotopic (exact) mass is 428 g/mol. The Bertz CT molecular complexity index is 1060. The number of sulfonamides is 1. The van der Waals surface area contributed by atoms with Crippen molar-refractivity contribution in [2.75, 3.05) is 7.11 Å². The quantitative estimate of drug-likeness (QED) is 0.707. The molecule has 1 saturated carbocycles. The van der Waals surface area contributed by atoms with Gasteiger partial charge in [0.15, 0.2) is 0 Å². The van der Waals surface area contributed by atoms with E-state index in [0.717, 1.165) is 31.2 Å². The number of carbonyl (C=O) groups excluding carboxylic acids is 1. The van der Waals surface area contributed by atoms with Gasteiger partial charge in [0.2, 0.25) is 10.0 Å². The largest absolute Gasteiger partial charge is 0.495 e. The molecule has 0 unspecified atom stereocenters. The molecule has 0 radical (unpaired) electrons. The maximum Gasteiger partial charge on any atom is 0.251 e. The van der Waals surface area contributed by atoms with Crippen LogP contribution in [0.3, 0.4) is 0 Å². The van der Waals surface area contributed by atoms with E-state index in [0.29, 0.717) is 0 Å². The van der Waals surface area contributed by atoms with Crippen molar-refractivity contribution in [2.45, 2.75) is 62.4 Å². The molecular weight excluding hydrogens is 400 g/mol. The van der Waals surface area contributed by atoms with Crippen molar-refractivity contribution in [3.8, 4) is 5.75 Å². The Hall–Kier alpha value is -2.38. The van der Waals surface area contributed by atoms with E-state index in [1.54, 1.807) is 6.07 Å². The van der Waals surface area contributed by atoms with Crippen LogP contribution in [0.5, 0.6) is 5.75 Å². The minimum Gasteiger partial charge on any atom is -0.495 e. The van der Waals surface area contributed by atoms with Crippen LogP contribution in [0.4, 0.5) is 0 Å². The fourth-order valence-electron chi connectivity index (χ4n) is 3.90. The predicted octanol–water partition coefficient (Wildman–Crippen LogP) is 3.51. The van der Waals surface area contributed by atoms with Gasteiger partial charge in [0.25, 0.3) is 5.91 Å². The number of amides is 1. The number of carbonyl (C=O) groups is 1. The van der Waals surface area contributed by atoms with Gasteiger partial charge in [0.05, 0.1) is 13.2 Å². The maximum atomic E-state index is 12.9. The van der Waals surface area contributed by atoms with Crippen LogP contribution >= 0.6 is 0 Å². The number of ether oxygens (including phenoxy) is 1. The number of rotatable bonds is 7. The van der Waals surface area contributed by atoms with Crippen LogP contribution in [0.25, 0.3) is 0 Å². The van der Waals surface area contributed by atoms with Gasteiger partial charge in [-0.2, -0.15) is 0 Å². The summed E-state index contributed by atoms with van der Waals surface area (Å²) >= 11 is 0. The zero-order valence-corrected chi connectivity index (χ0v) is 18.2. The minimum absolute atomic E-state index is 0.00835. The summed E-state index contributed by atoms with van der Waals surface area (Å²) in [7, 11) is -2.32. The van der Waals surface area contributed by atoms with E-state index in [1.807, 2.05) is 6.92 Å².